The van der Waals surface area contributed by atoms with Crippen LogP contribution in [0.3, 0.4) is 0 Å². The monoisotopic (exact) mass is 326 g/mol. The first kappa shape index (κ1) is 16.1. The van der Waals surface area contributed by atoms with Crippen LogP contribution < -0.4 is 5.32 Å². The predicted octanol–water partition coefficient (Wildman–Crippen LogP) is 3.56. The molecular weight excluding hydrogens is 296 g/mol. The highest BCUT2D eigenvalue weighted by atomic mass is 16.2. The van der Waals surface area contributed by atoms with E-state index in [1.807, 2.05) is 0 Å². The van der Waals surface area contributed by atoms with E-state index in [-0.39, 0.29) is 0 Å². The number of fused-ring (bicyclic) bond motifs is 2. The number of piperidine rings is 2. The fourth-order valence-corrected chi connectivity index (χ4v) is 5.29. The number of hydrogen-bond acceptors (Lipinski definition) is 2. The Bertz CT molecular complexity index is 560. The van der Waals surface area contributed by atoms with Crippen molar-refractivity contribution < 1.29 is 4.79 Å². The van der Waals surface area contributed by atoms with Gasteiger partial charge in [0.15, 0.2) is 0 Å². The molecule has 3 heteroatoms. The Hall–Kier alpha value is -1.35. The van der Waals surface area contributed by atoms with Gasteiger partial charge in [-0.3, -0.25) is 4.79 Å². The number of hydrogen-bond donors (Lipinski definition) is 1. The molecule has 1 N–H and O–H groups in total. The molecule has 0 aliphatic carbocycles. The first-order chi connectivity index (χ1) is 11.7. The van der Waals surface area contributed by atoms with E-state index >= 15 is 0 Å². The van der Waals surface area contributed by atoms with E-state index in [1.165, 1.54) is 31.2 Å². The summed E-state index contributed by atoms with van der Waals surface area (Å²) >= 11 is 0. The molecule has 1 aromatic rings. The summed E-state index contributed by atoms with van der Waals surface area (Å²) in [4.78, 5) is 14.9. The largest absolute Gasteiger partial charge is 0.342 e. The van der Waals surface area contributed by atoms with Gasteiger partial charge in [0.05, 0.1) is 0 Å². The molecule has 4 atom stereocenters. The molecule has 0 spiro atoms. The van der Waals surface area contributed by atoms with E-state index < -0.39 is 0 Å². The van der Waals surface area contributed by atoms with Gasteiger partial charge in [0.25, 0.3) is 0 Å². The summed E-state index contributed by atoms with van der Waals surface area (Å²) in [7, 11) is 0. The fourth-order valence-electron chi connectivity index (χ4n) is 5.29. The van der Waals surface area contributed by atoms with Gasteiger partial charge in [-0.1, -0.05) is 37.3 Å². The zero-order chi connectivity index (χ0) is 16.5. The van der Waals surface area contributed by atoms with E-state index in [0.29, 0.717) is 35.7 Å². The van der Waals surface area contributed by atoms with Crippen LogP contribution >= 0.6 is 0 Å². The Morgan fingerprint density at radius 2 is 1.83 bits per heavy atom. The van der Waals surface area contributed by atoms with Crippen LogP contribution in [0.4, 0.5) is 0 Å². The molecule has 0 saturated carbocycles. The molecule has 0 radical (unpaired) electrons. The van der Waals surface area contributed by atoms with Gasteiger partial charge in [0.2, 0.25) is 5.91 Å². The van der Waals surface area contributed by atoms with Crippen molar-refractivity contribution in [1.29, 1.82) is 0 Å². The van der Waals surface area contributed by atoms with Crippen LogP contribution in [0.5, 0.6) is 0 Å². The van der Waals surface area contributed by atoms with Crippen LogP contribution in [-0.2, 0) is 4.79 Å². The van der Waals surface area contributed by atoms with Gasteiger partial charge in [-0.2, -0.15) is 0 Å². The van der Waals surface area contributed by atoms with Crippen molar-refractivity contribution in [1.82, 2.24) is 10.2 Å². The average Bonchev–Trinajstić information content (AvgIpc) is 2.94. The zero-order valence-electron chi connectivity index (χ0n) is 14.8. The first-order valence-electron chi connectivity index (χ1n) is 9.78. The number of nitrogens with one attached hydrogen (secondary N) is 1. The summed E-state index contributed by atoms with van der Waals surface area (Å²) in [6.45, 7) is 4.17. The van der Waals surface area contributed by atoms with Crippen molar-refractivity contribution in [2.24, 2.45) is 11.8 Å². The molecule has 4 unspecified atom stereocenters. The number of nitrogens with zero attached hydrogens (tertiary/aromatic N) is 1. The Balaban J connectivity index is 1.32. The highest BCUT2D eigenvalue weighted by Crippen LogP contribution is 2.35. The second-order valence-electron chi connectivity index (χ2n) is 8.30. The van der Waals surface area contributed by atoms with Crippen LogP contribution in [0.1, 0.15) is 56.9 Å². The number of carbonyl (C=O) groups is 1. The molecule has 1 aromatic carbocycles. The number of amides is 1. The molecule has 0 aromatic heterocycles. The second kappa shape index (κ2) is 6.87. The van der Waals surface area contributed by atoms with Gasteiger partial charge in [-0.05, 0) is 55.4 Å². The van der Waals surface area contributed by atoms with Crippen LogP contribution in [-0.4, -0.2) is 36.0 Å². The molecule has 3 fully saturated rings. The summed E-state index contributed by atoms with van der Waals surface area (Å²) in [6.07, 6.45) is 6.92. The standard InChI is InChI=1S/C21H30N2O/c1-15-14-23(10-9-20(15)17-5-3-2-4-6-17)21(24)13-16-11-18-7-8-19(12-16)22-18/h2-6,15-16,18-20,22H,7-14H2,1H3. The molecule has 3 saturated heterocycles. The summed E-state index contributed by atoms with van der Waals surface area (Å²) < 4.78 is 0. The number of benzene rings is 1. The maximum absolute atomic E-state index is 12.8. The lowest BCUT2D eigenvalue weighted by molar-refractivity contribution is -0.134. The van der Waals surface area contributed by atoms with Crippen molar-refractivity contribution in [3.05, 3.63) is 35.9 Å². The van der Waals surface area contributed by atoms with Crippen molar-refractivity contribution in [3.8, 4) is 0 Å². The van der Waals surface area contributed by atoms with E-state index in [4.69, 9.17) is 0 Å². The van der Waals surface area contributed by atoms with Gasteiger partial charge >= 0.3 is 0 Å². The average molecular weight is 326 g/mol. The van der Waals surface area contributed by atoms with E-state index in [1.54, 1.807) is 0 Å². The van der Waals surface area contributed by atoms with Crippen molar-refractivity contribution in [3.63, 3.8) is 0 Å². The third-order valence-electron chi connectivity index (χ3n) is 6.52. The van der Waals surface area contributed by atoms with E-state index in [2.05, 4.69) is 47.5 Å². The third kappa shape index (κ3) is 3.37. The van der Waals surface area contributed by atoms with Crippen molar-refractivity contribution in [2.45, 2.75) is 63.5 Å². The van der Waals surface area contributed by atoms with Gasteiger partial charge < -0.3 is 10.2 Å². The highest BCUT2D eigenvalue weighted by molar-refractivity contribution is 5.76. The minimum absolute atomic E-state index is 0.402. The summed E-state index contributed by atoms with van der Waals surface area (Å²) in [5.74, 6) is 2.16. The van der Waals surface area contributed by atoms with Crippen LogP contribution in [0.2, 0.25) is 0 Å². The number of rotatable bonds is 3. The normalized spacial score (nSPS) is 35.9. The maximum atomic E-state index is 12.8. The third-order valence-corrected chi connectivity index (χ3v) is 6.52. The van der Waals surface area contributed by atoms with Crippen LogP contribution in [0.15, 0.2) is 30.3 Å². The quantitative estimate of drug-likeness (QED) is 0.921. The zero-order valence-corrected chi connectivity index (χ0v) is 14.8. The Morgan fingerprint density at radius 1 is 1.12 bits per heavy atom. The SMILES string of the molecule is CC1CN(C(=O)CC2CC3CCC(C2)N3)CCC1c1ccccc1. The molecule has 3 aliphatic heterocycles. The summed E-state index contributed by atoms with van der Waals surface area (Å²) in [6, 6.07) is 12.2. The van der Waals surface area contributed by atoms with Gasteiger partial charge in [-0.15, -0.1) is 0 Å². The fraction of sp³-hybridized carbons (Fsp3) is 0.667. The Kier molecular flexibility index (Phi) is 4.62. The molecule has 3 heterocycles. The topological polar surface area (TPSA) is 32.3 Å². The van der Waals surface area contributed by atoms with Crippen molar-refractivity contribution >= 4 is 5.91 Å². The van der Waals surface area contributed by atoms with Crippen molar-refractivity contribution in [2.75, 3.05) is 13.1 Å². The lowest BCUT2D eigenvalue weighted by Gasteiger charge is -2.38. The van der Waals surface area contributed by atoms with Gasteiger partial charge in [0.1, 0.15) is 0 Å². The van der Waals surface area contributed by atoms with E-state index in [9.17, 15) is 4.79 Å². The predicted molar refractivity (Wildman–Crippen MR) is 96.8 cm³/mol. The number of likely N-dealkylation sites (tertiary alicyclic amines) is 1. The molecule has 1 amide bonds. The summed E-state index contributed by atoms with van der Waals surface area (Å²) in [5.41, 5.74) is 1.44. The Labute approximate surface area is 145 Å². The molecule has 2 bridgehead atoms. The van der Waals surface area contributed by atoms with Crippen LogP contribution in [0.25, 0.3) is 0 Å². The smallest absolute Gasteiger partial charge is 0.222 e. The molecular formula is C21H30N2O. The first-order valence-corrected chi connectivity index (χ1v) is 9.78. The second-order valence-corrected chi connectivity index (χ2v) is 8.30. The minimum Gasteiger partial charge on any atom is -0.342 e. The Morgan fingerprint density at radius 3 is 2.50 bits per heavy atom. The minimum atomic E-state index is 0.402. The van der Waals surface area contributed by atoms with E-state index in [0.717, 1.165) is 25.9 Å². The molecule has 24 heavy (non-hydrogen) atoms. The molecule has 3 aliphatic rings. The molecule has 130 valence electrons. The number of carbonyl (C=O) groups excluding carboxylic acids is 1. The van der Waals surface area contributed by atoms with Gasteiger partial charge in [-0.25, -0.2) is 0 Å². The van der Waals surface area contributed by atoms with Crippen LogP contribution in [0, 0.1) is 11.8 Å². The maximum Gasteiger partial charge on any atom is 0.222 e. The highest BCUT2D eigenvalue weighted by Gasteiger charge is 2.36. The lowest BCUT2D eigenvalue weighted by Crippen LogP contribution is -2.44. The summed E-state index contributed by atoms with van der Waals surface area (Å²) in [5, 5.41) is 3.68. The van der Waals surface area contributed by atoms with Gasteiger partial charge in [0, 0.05) is 31.6 Å². The lowest BCUT2D eigenvalue weighted by atomic mass is 9.81. The molecule has 4 rings (SSSR count). The molecule has 3 nitrogen and oxygen atoms in total.